The Bertz CT molecular complexity index is 618. The van der Waals surface area contributed by atoms with E-state index in [1.165, 1.54) is 51.4 Å². The van der Waals surface area contributed by atoms with Crippen LogP contribution in [-0.2, 0) is 0 Å². The van der Waals surface area contributed by atoms with Crippen LogP contribution in [0.1, 0.15) is 57.8 Å². The lowest BCUT2D eigenvalue weighted by Gasteiger charge is -2.29. The number of hydrogen-bond acceptors (Lipinski definition) is 1. The summed E-state index contributed by atoms with van der Waals surface area (Å²) in [7, 11) is 0. The molecule has 1 aromatic carbocycles. The Kier molecular flexibility index (Phi) is 6.81. The minimum atomic E-state index is 0.772. The van der Waals surface area contributed by atoms with Crippen molar-refractivity contribution in [3.8, 4) is 0 Å². The predicted molar refractivity (Wildman–Crippen MR) is 110 cm³/mol. The number of nitrogens with one attached hydrogen (secondary N) is 1. The van der Waals surface area contributed by atoms with Gasteiger partial charge in [-0.05, 0) is 81.0 Å². The molecule has 0 saturated heterocycles. The quantitative estimate of drug-likeness (QED) is 0.533. The lowest BCUT2D eigenvalue weighted by Crippen LogP contribution is -2.16. The summed E-state index contributed by atoms with van der Waals surface area (Å²) in [6.07, 6.45) is 18.7. The number of halogens is 1. The maximum absolute atomic E-state index is 5.94. The molecule has 3 rings (SSSR count). The first-order chi connectivity index (χ1) is 12.2. The molecule has 25 heavy (non-hydrogen) atoms. The van der Waals surface area contributed by atoms with Crippen LogP contribution in [0.3, 0.4) is 0 Å². The zero-order valence-electron chi connectivity index (χ0n) is 15.1. The van der Waals surface area contributed by atoms with Gasteiger partial charge in [0.2, 0.25) is 0 Å². The van der Waals surface area contributed by atoms with Gasteiger partial charge in [0.1, 0.15) is 0 Å². The topological polar surface area (TPSA) is 12.0 Å². The van der Waals surface area contributed by atoms with Gasteiger partial charge in [0, 0.05) is 16.4 Å². The first-order valence-corrected chi connectivity index (χ1v) is 10.1. The van der Waals surface area contributed by atoms with Gasteiger partial charge in [-0.3, -0.25) is 0 Å². The van der Waals surface area contributed by atoms with Crippen LogP contribution in [-0.4, -0.2) is 0 Å². The van der Waals surface area contributed by atoms with Crippen LogP contribution in [0, 0.1) is 11.8 Å². The Morgan fingerprint density at radius 3 is 2.44 bits per heavy atom. The summed E-state index contributed by atoms with van der Waals surface area (Å²) >= 11 is 5.94. The van der Waals surface area contributed by atoms with Crippen LogP contribution in [0.5, 0.6) is 0 Å². The van der Waals surface area contributed by atoms with E-state index in [-0.39, 0.29) is 0 Å². The molecule has 2 aliphatic rings. The summed E-state index contributed by atoms with van der Waals surface area (Å²) in [5, 5.41) is 4.20. The smallest absolute Gasteiger partial charge is 0.0407 e. The van der Waals surface area contributed by atoms with E-state index < -0.39 is 0 Å². The van der Waals surface area contributed by atoms with Crippen molar-refractivity contribution in [3.05, 3.63) is 65.4 Å². The van der Waals surface area contributed by atoms with Gasteiger partial charge in [-0.15, -0.1) is 0 Å². The normalized spacial score (nSPS) is 23.2. The Balaban J connectivity index is 1.35. The van der Waals surface area contributed by atoms with Gasteiger partial charge < -0.3 is 5.32 Å². The molecule has 0 aromatic heterocycles. The Morgan fingerprint density at radius 2 is 1.76 bits per heavy atom. The molecule has 1 saturated carbocycles. The third kappa shape index (κ3) is 6.08. The van der Waals surface area contributed by atoms with E-state index in [1.54, 1.807) is 5.57 Å². The van der Waals surface area contributed by atoms with Crippen molar-refractivity contribution in [2.75, 3.05) is 5.32 Å². The first kappa shape index (κ1) is 18.3. The highest BCUT2D eigenvalue weighted by Crippen LogP contribution is 2.35. The first-order valence-electron chi connectivity index (χ1n) is 9.75. The average molecular weight is 356 g/mol. The monoisotopic (exact) mass is 355 g/mol. The van der Waals surface area contributed by atoms with Crippen LogP contribution in [0.4, 0.5) is 5.69 Å². The highest BCUT2D eigenvalue weighted by Gasteiger charge is 2.21. The van der Waals surface area contributed by atoms with E-state index in [0.717, 1.165) is 34.7 Å². The summed E-state index contributed by atoms with van der Waals surface area (Å²) < 4.78 is 0. The summed E-state index contributed by atoms with van der Waals surface area (Å²) in [6, 6.07) is 7.86. The molecule has 134 valence electrons. The van der Waals surface area contributed by atoms with Gasteiger partial charge in [0.15, 0.2) is 0 Å². The van der Waals surface area contributed by atoms with Crippen molar-refractivity contribution in [1.82, 2.24) is 0 Å². The SMILES string of the molecule is C=C(CC1CCC(CCC2=CCCC=C2)CC1)Nc1ccc(Cl)cc1. The summed E-state index contributed by atoms with van der Waals surface area (Å²) in [5.74, 6) is 1.71. The van der Waals surface area contributed by atoms with Crippen LogP contribution in [0.25, 0.3) is 0 Å². The zero-order valence-corrected chi connectivity index (χ0v) is 15.9. The molecule has 0 spiro atoms. The minimum absolute atomic E-state index is 0.772. The molecule has 1 nitrogen and oxygen atoms in total. The molecule has 2 heteroatoms. The average Bonchev–Trinajstić information content (AvgIpc) is 2.64. The fraction of sp³-hybridized carbons (Fsp3) is 0.478. The second-order valence-corrected chi connectivity index (χ2v) is 8.06. The fourth-order valence-electron chi connectivity index (χ4n) is 4.09. The standard InChI is InChI=1S/C23H30ClN/c1-18(25-23-15-13-22(24)14-16-23)17-21-11-9-20(10-12-21)8-7-19-5-3-2-4-6-19/h3,5-6,13-16,20-21,25H,1-2,4,7-12,17H2. The lowest BCUT2D eigenvalue weighted by atomic mass is 9.78. The largest absolute Gasteiger partial charge is 0.359 e. The van der Waals surface area contributed by atoms with Crippen molar-refractivity contribution in [2.45, 2.75) is 57.8 Å². The maximum atomic E-state index is 5.94. The van der Waals surface area contributed by atoms with Crippen LogP contribution in [0.2, 0.25) is 5.02 Å². The van der Waals surface area contributed by atoms with E-state index >= 15 is 0 Å². The van der Waals surface area contributed by atoms with Gasteiger partial charge in [-0.25, -0.2) is 0 Å². The molecule has 1 aromatic rings. The van der Waals surface area contributed by atoms with Crippen molar-refractivity contribution in [2.24, 2.45) is 11.8 Å². The second-order valence-electron chi connectivity index (χ2n) is 7.62. The summed E-state index contributed by atoms with van der Waals surface area (Å²) in [4.78, 5) is 0. The van der Waals surface area contributed by atoms with Gasteiger partial charge in [-0.2, -0.15) is 0 Å². The molecule has 0 aliphatic heterocycles. The van der Waals surface area contributed by atoms with Gasteiger partial charge in [-0.1, -0.05) is 54.8 Å². The van der Waals surface area contributed by atoms with Gasteiger partial charge in [0.25, 0.3) is 0 Å². The number of hydrogen-bond donors (Lipinski definition) is 1. The molecule has 0 unspecified atom stereocenters. The van der Waals surface area contributed by atoms with Crippen molar-refractivity contribution in [1.29, 1.82) is 0 Å². The lowest BCUT2D eigenvalue weighted by molar-refractivity contribution is 0.263. The molecule has 0 amide bonds. The minimum Gasteiger partial charge on any atom is -0.359 e. The van der Waals surface area contributed by atoms with Crippen LogP contribution in [0.15, 0.2) is 60.3 Å². The molecule has 0 atom stereocenters. The Hall–Kier alpha value is -1.47. The molecular formula is C23H30ClN. The molecule has 0 bridgehead atoms. The van der Waals surface area contributed by atoms with E-state index in [2.05, 4.69) is 30.1 Å². The highest BCUT2D eigenvalue weighted by atomic mass is 35.5. The molecule has 2 aliphatic carbocycles. The van der Waals surface area contributed by atoms with E-state index in [4.69, 9.17) is 11.6 Å². The molecule has 0 radical (unpaired) electrons. The predicted octanol–water partition coefficient (Wildman–Crippen LogP) is 7.52. The molecular weight excluding hydrogens is 326 g/mol. The zero-order chi connectivity index (χ0) is 17.5. The van der Waals surface area contributed by atoms with E-state index in [9.17, 15) is 0 Å². The van der Waals surface area contributed by atoms with Crippen molar-refractivity contribution < 1.29 is 0 Å². The molecule has 1 N–H and O–H groups in total. The van der Waals surface area contributed by atoms with Crippen molar-refractivity contribution >= 4 is 17.3 Å². The highest BCUT2D eigenvalue weighted by molar-refractivity contribution is 6.30. The number of anilines is 1. The molecule has 0 heterocycles. The van der Waals surface area contributed by atoms with Crippen LogP contribution >= 0.6 is 11.6 Å². The van der Waals surface area contributed by atoms with Crippen molar-refractivity contribution in [3.63, 3.8) is 0 Å². The van der Waals surface area contributed by atoms with Gasteiger partial charge >= 0.3 is 0 Å². The number of benzene rings is 1. The number of rotatable bonds is 7. The maximum Gasteiger partial charge on any atom is 0.0407 e. The Labute approximate surface area is 157 Å². The van der Waals surface area contributed by atoms with E-state index in [1.807, 2.05) is 24.3 Å². The number of allylic oxidation sites excluding steroid dienone is 5. The summed E-state index contributed by atoms with van der Waals surface area (Å²) in [5.41, 5.74) is 3.77. The summed E-state index contributed by atoms with van der Waals surface area (Å²) in [6.45, 7) is 4.22. The third-order valence-electron chi connectivity index (χ3n) is 5.58. The van der Waals surface area contributed by atoms with E-state index in [0.29, 0.717) is 0 Å². The van der Waals surface area contributed by atoms with Crippen LogP contribution < -0.4 is 5.32 Å². The molecule has 1 fully saturated rings. The fourth-order valence-corrected chi connectivity index (χ4v) is 4.21. The Morgan fingerprint density at radius 1 is 1.04 bits per heavy atom. The third-order valence-corrected chi connectivity index (χ3v) is 5.83. The second kappa shape index (κ2) is 9.29. The van der Waals surface area contributed by atoms with Gasteiger partial charge in [0.05, 0.1) is 0 Å².